The summed E-state index contributed by atoms with van der Waals surface area (Å²) in [4.78, 5) is 30.6. The second kappa shape index (κ2) is 9.32. The lowest BCUT2D eigenvalue weighted by Gasteiger charge is -2.31. The van der Waals surface area contributed by atoms with Gasteiger partial charge in [0, 0.05) is 31.6 Å². The molecule has 2 aromatic carbocycles. The fourth-order valence-electron chi connectivity index (χ4n) is 4.61. The third-order valence-electron chi connectivity index (χ3n) is 6.38. The van der Waals surface area contributed by atoms with Gasteiger partial charge in [-0.05, 0) is 17.7 Å². The van der Waals surface area contributed by atoms with Crippen LogP contribution in [0.25, 0.3) is 11.0 Å². The zero-order chi connectivity index (χ0) is 23.7. The second-order valence-corrected chi connectivity index (χ2v) is 8.35. The Hall–Kier alpha value is -3.62. The van der Waals surface area contributed by atoms with Gasteiger partial charge in [-0.15, -0.1) is 0 Å². The summed E-state index contributed by atoms with van der Waals surface area (Å²) in [7, 11) is 1.53. The molecule has 1 atom stereocenters. The van der Waals surface area contributed by atoms with Crippen LogP contribution in [-0.4, -0.2) is 73.1 Å². The highest BCUT2D eigenvalue weighted by Crippen LogP contribution is 2.40. The minimum atomic E-state index is -0.711. The number of rotatable bonds is 7. The number of ether oxygens (including phenoxy) is 2. The molecule has 1 aromatic heterocycles. The van der Waals surface area contributed by atoms with Gasteiger partial charge in [0.15, 0.2) is 22.9 Å². The van der Waals surface area contributed by atoms with Gasteiger partial charge in [-0.2, -0.15) is 0 Å². The number of ketones is 1. The number of nitrogens with zero attached hydrogens (tertiary/aromatic N) is 2. The zero-order valence-electron chi connectivity index (χ0n) is 18.9. The van der Waals surface area contributed by atoms with Gasteiger partial charge in [-0.25, -0.2) is 0 Å². The molecule has 2 aliphatic rings. The summed E-state index contributed by atoms with van der Waals surface area (Å²) < 4.78 is 16.6. The van der Waals surface area contributed by atoms with Crippen LogP contribution in [0.5, 0.6) is 5.75 Å². The third-order valence-corrected chi connectivity index (χ3v) is 6.38. The smallest absolute Gasteiger partial charge is 0.290 e. The van der Waals surface area contributed by atoms with E-state index < -0.39 is 23.5 Å². The van der Waals surface area contributed by atoms with Crippen molar-refractivity contribution >= 4 is 22.7 Å². The van der Waals surface area contributed by atoms with Crippen LogP contribution in [0.3, 0.4) is 0 Å². The molecule has 1 saturated heterocycles. The number of aliphatic hydroxyl groups excluding tert-OH is 1. The largest absolute Gasteiger partial charge is 0.503 e. The van der Waals surface area contributed by atoms with E-state index in [0.29, 0.717) is 43.0 Å². The van der Waals surface area contributed by atoms with Crippen molar-refractivity contribution in [2.45, 2.75) is 6.04 Å². The van der Waals surface area contributed by atoms with Crippen LogP contribution in [0.2, 0.25) is 0 Å². The van der Waals surface area contributed by atoms with Crippen LogP contribution in [-0.2, 0) is 9.53 Å². The standard InChI is InChI=1S/C26H26N2O6/c1-32-19-9-5-8-18-16-20(34-25(18)19)23(29)21-22(17-6-3-2-4-7-17)28(26(31)24(21)30)11-10-27-12-14-33-15-13-27/h2-9,16,22,30H,10-15H2,1H3/t22-/m1/s1. The Morgan fingerprint density at radius 2 is 1.85 bits per heavy atom. The van der Waals surface area contributed by atoms with Gasteiger partial charge in [-0.3, -0.25) is 14.5 Å². The molecule has 1 N–H and O–H groups in total. The molecule has 5 rings (SSSR count). The summed E-state index contributed by atoms with van der Waals surface area (Å²) in [6, 6.07) is 15.6. The number of fused-ring (bicyclic) bond motifs is 1. The number of carbonyl (C=O) groups excluding carboxylic acids is 2. The highest BCUT2D eigenvalue weighted by atomic mass is 16.5. The number of morpholine rings is 1. The highest BCUT2D eigenvalue weighted by molar-refractivity contribution is 6.16. The molecule has 0 saturated carbocycles. The zero-order valence-corrected chi connectivity index (χ0v) is 18.9. The number of hydrogen-bond acceptors (Lipinski definition) is 7. The van der Waals surface area contributed by atoms with Gasteiger partial charge in [-0.1, -0.05) is 42.5 Å². The number of furan rings is 1. The fraction of sp³-hybridized carbons (Fsp3) is 0.308. The van der Waals surface area contributed by atoms with Crippen LogP contribution in [0.15, 0.2) is 70.3 Å². The lowest BCUT2D eigenvalue weighted by molar-refractivity contribution is -0.129. The van der Waals surface area contributed by atoms with Crippen LogP contribution in [0, 0.1) is 0 Å². The van der Waals surface area contributed by atoms with E-state index in [9.17, 15) is 14.7 Å². The Morgan fingerprint density at radius 3 is 2.59 bits per heavy atom. The first-order valence-electron chi connectivity index (χ1n) is 11.3. The summed E-state index contributed by atoms with van der Waals surface area (Å²) >= 11 is 0. The fourth-order valence-corrected chi connectivity index (χ4v) is 4.61. The van der Waals surface area contributed by atoms with Gasteiger partial charge >= 0.3 is 0 Å². The van der Waals surface area contributed by atoms with Gasteiger partial charge in [0.05, 0.1) is 31.9 Å². The molecule has 0 aliphatic carbocycles. The molecular formula is C26H26N2O6. The number of benzene rings is 2. The first-order chi connectivity index (χ1) is 16.6. The minimum absolute atomic E-state index is 0.0243. The number of amides is 1. The van der Waals surface area contributed by atoms with Crippen molar-refractivity contribution in [1.82, 2.24) is 9.80 Å². The summed E-state index contributed by atoms with van der Waals surface area (Å²) in [6.45, 7) is 3.86. The van der Waals surface area contributed by atoms with Crippen LogP contribution in [0.4, 0.5) is 0 Å². The molecule has 3 heterocycles. The van der Waals surface area contributed by atoms with Gasteiger partial charge < -0.3 is 23.9 Å². The van der Waals surface area contributed by atoms with Gasteiger partial charge in [0.25, 0.3) is 5.91 Å². The predicted molar refractivity (Wildman–Crippen MR) is 125 cm³/mol. The summed E-state index contributed by atoms with van der Waals surface area (Å²) in [5.41, 5.74) is 1.22. The molecule has 0 unspecified atom stereocenters. The molecule has 34 heavy (non-hydrogen) atoms. The summed E-state index contributed by atoms with van der Waals surface area (Å²) in [5.74, 6) is -1.06. The van der Waals surface area contributed by atoms with E-state index in [-0.39, 0.29) is 11.3 Å². The summed E-state index contributed by atoms with van der Waals surface area (Å²) in [5, 5.41) is 11.6. The molecule has 8 nitrogen and oxygen atoms in total. The molecule has 2 aliphatic heterocycles. The van der Waals surface area contributed by atoms with E-state index in [2.05, 4.69) is 4.90 Å². The molecule has 1 amide bonds. The van der Waals surface area contributed by atoms with Crippen molar-refractivity contribution in [3.63, 3.8) is 0 Å². The number of carbonyl (C=O) groups is 2. The molecule has 0 spiro atoms. The Bertz CT molecular complexity index is 1240. The molecule has 3 aromatic rings. The average molecular weight is 463 g/mol. The van der Waals surface area contributed by atoms with E-state index in [1.807, 2.05) is 36.4 Å². The number of para-hydroxylation sites is 1. The molecule has 176 valence electrons. The van der Waals surface area contributed by atoms with Crippen LogP contribution in [0.1, 0.15) is 22.2 Å². The van der Waals surface area contributed by atoms with E-state index in [1.54, 1.807) is 23.1 Å². The third kappa shape index (κ3) is 3.95. The van der Waals surface area contributed by atoms with Crippen LogP contribution >= 0.6 is 0 Å². The maximum absolute atomic E-state index is 13.6. The van der Waals surface area contributed by atoms with E-state index in [1.165, 1.54) is 7.11 Å². The van der Waals surface area contributed by atoms with Crippen molar-refractivity contribution in [3.05, 3.63) is 77.3 Å². The molecular weight excluding hydrogens is 436 g/mol. The van der Waals surface area contributed by atoms with Crippen molar-refractivity contribution < 1.29 is 28.6 Å². The summed E-state index contributed by atoms with van der Waals surface area (Å²) in [6.07, 6.45) is 0. The van der Waals surface area contributed by atoms with Crippen molar-refractivity contribution in [2.75, 3.05) is 46.5 Å². The predicted octanol–water partition coefficient (Wildman–Crippen LogP) is 3.35. The van der Waals surface area contributed by atoms with E-state index in [0.717, 1.165) is 18.7 Å². The molecule has 0 bridgehead atoms. The lowest BCUT2D eigenvalue weighted by Crippen LogP contribution is -2.43. The van der Waals surface area contributed by atoms with Gasteiger partial charge in [0.1, 0.15) is 0 Å². The number of aliphatic hydroxyl groups is 1. The average Bonchev–Trinajstić information content (AvgIpc) is 3.43. The number of methoxy groups -OCH3 is 1. The first kappa shape index (κ1) is 22.2. The van der Waals surface area contributed by atoms with Crippen molar-refractivity contribution in [3.8, 4) is 5.75 Å². The minimum Gasteiger partial charge on any atom is -0.503 e. The monoisotopic (exact) mass is 462 g/mol. The maximum atomic E-state index is 13.6. The highest BCUT2D eigenvalue weighted by Gasteiger charge is 2.44. The maximum Gasteiger partial charge on any atom is 0.290 e. The number of hydrogen-bond donors (Lipinski definition) is 1. The SMILES string of the molecule is COc1cccc2cc(C(=O)C3=C(O)C(=O)N(CCN4CCOCC4)[C@@H]3c3ccccc3)oc12. The van der Waals surface area contributed by atoms with E-state index in [4.69, 9.17) is 13.9 Å². The van der Waals surface area contributed by atoms with Crippen molar-refractivity contribution in [1.29, 1.82) is 0 Å². The van der Waals surface area contributed by atoms with Gasteiger partial charge in [0.2, 0.25) is 5.78 Å². The second-order valence-electron chi connectivity index (χ2n) is 8.35. The van der Waals surface area contributed by atoms with Crippen molar-refractivity contribution in [2.24, 2.45) is 0 Å². The topological polar surface area (TPSA) is 92.5 Å². The Labute approximate surface area is 197 Å². The molecule has 1 fully saturated rings. The molecule has 0 radical (unpaired) electrons. The Morgan fingerprint density at radius 1 is 1.09 bits per heavy atom. The lowest BCUT2D eigenvalue weighted by atomic mass is 9.95. The van der Waals surface area contributed by atoms with E-state index >= 15 is 0 Å². The van der Waals surface area contributed by atoms with Crippen LogP contribution < -0.4 is 4.74 Å². The normalized spacial score (nSPS) is 19.3. The Balaban J connectivity index is 1.50. The molecule has 8 heteroatoms. The Kier molecular flexibility index (Phi) is 6.08. The quantitative estimate of drug-likeness (QED) is 0.539. The first-order valence-corrected chi connectivity index (χ1v) is 11.3. The number of Topliss-reactive ketones (excluding diaryl/α,β-unsaturated/α-hetero) is 1.